The van der Waals surface area contributed by atoms with Gasteiger partial charge in [-0.3, -0.25) is 0 Å². The van der Waals surface area contributed by atoms with Crippen LogP contribution in [-0.2, 0) is 9.47 Å². The van der Waals surface area contributed by atoms with Crippen LogP contribution < -0.4 is 0 Å². The average Bonchev–Trinajstić information content (AvgIpc) is 2.88. The topological polar surface area (TPSA) is 41.9 Å². The van der Waals surface area contributed by atoms with Crippen LogP contribution in [0.2, 0.25) is 0 Å². The Bertz CT molecular complexity index is 199. The highest BCUT2D eigenvalue weighted by atomic mass is 16.5. The number of hydrogen-bond donors (Lipinski definition) is 1. The molecule has 0 radical (unpaired) electrons. The molecular weight excluding hydrogens is 218 g/mol. The van der Waals surface area contributed by atoms with E-state index in [-0.39, 0.29) is 0 Å². The Morgan fingerprint density at radius 1 is 1.24 bits per heavy atom. The smallest absolute Gasteiger partial charge is 0.0809 e. The summed E-state index contributed by atoms with van der Waals surface area (Å²) in [5.74, 6) is 0.527. The first-order valence-electron chi connectivity index (χ1n) is 6.91. The average molecular weight is 243 g/mol. The molecule has 4 heteroatoms. The molecule has 0 spiro atoms. The van der Waals surface area contributed by atoms with E-state index in [4.69, 9.17) is 14.6 Å². The fraction of sp³-hybridized carbons (Fsp3) is 1.00. The zero-order valence-corrected chi connectivity index (χ0v) is 10.6. The molecule has 2 aliphatic rings. The van der Waals surface area contributed by atoms with Gasteiger partial charge in [0.2, 0.25) is 0 Å². The van der Waals surface area contributed by atoms with Crippen LogP contribution >= 0.6 is 0 Å². The maximum Gasteiger partial charge on any atom is 0.0809 e. The lowest BCUT2D eigenvalue weighted by molar-refractivity contribution is 0.00701. The third-order valence-electron chi connectivity index (χ3n) is 3.84. The van der Waals surface area contributed by atoms with Gasteiger partial charge in [-0.25, -0.2) is 0 Å². The van der Waals surface area contributed by atoms with Gasteiger partial charge in [-0.05, 0) is 44.7 Å². The standard InChI is InChI=1S/C13H25NO3/c15-10-12-3-5-14(6-4-12)7-9-16-11-13-2-1-8-17-13/h12-13,15H,1-11H2. The molecule has 0 aromatic carbocycles. The number of piperidine rings is 1. The molecule has 17 heavy (non-hydrogen) atoms. The molecule has 0 bridgehead atoms. The molecule has 1 atom stereocenters. The molecule has 2 fully saturated rings. The Morgan fingerprint density at radius 3 is 2.71 bits per heavy atom. The molecule has 100 valence electrons. The van der Waals surface area contributed by atoms with Gasteiger partial charge in [0.25, 0.3) is 0 Å². The maximum absolute atomic E-state index is 9.06. The summed E-state index contributed by atoms with van der Waals surface area (Å²) in [6.45, 7) is 6.05. The van der Waals surface area contributed by atoms with Crippen molar-refractivity contribution in [2.45, 2.75) is 31.8 Å². The summed E-state index contributed by atoms with van der Waals surface area (Å²) in [6.07, 6.45) is 4.94. The van der Waals surface area contributed by atoms with Crippen molar-refractivity contribution in [2.75, 3.05) is 46.1 Å². The van der Waals surface area contributed by atoms with Gasteiger partial charge in [0.15, 0.2) is 0 Å². The van der Waals surface area contributed by atoms with E-state index in [0.29, 0.717) is 18.6 Å². The number of likely N-dealkylation sites (tertiary alicyclic amines) is 1. The van der Waals surface area contributed by atoms with Crippen molar-refractivity contribution in [3.8, 4) is 0 Å². The predicted molar refractivity (Wildman–Crippen MR) is 66.0 cm³/mol. The lowest BCUT2D eigenvalue weighted by atomic mass is 9.98. The number of aliphatic hydroxyl groups is 1. The number of aliphatic hydroxyl groups excluding tert-OH is 1. The van der Waals surface area contributed by atoms with Gasteiger partial charge in [0.1, 0.15) is 0 Å². The Kier molecular flexibility index (Phi) is 5.71. The Hall–Kier alpha value is -0.160. The van der Waals surface area contributed by atoms with Gasteiger partial charge in [-0.2, -0.15) is 0 Å². The minimum atomic E-state index is 0.343. The third-order valence-corrected chi connectivity index (χ3v) is 3.84. The Balaban J connectivity index is 1.48. The first-order valence-corrected chi connectivity index (χ1v) is 6.91. The molecule has 2 heterocycles. The van der Waals surface area contributed by atoms with E-state index in [1.807, 2.05) is 0 Å². The van der Waals surface area contributed by atoms with Crippen LogP contribution in [0.4, 0.5) is 0 Å². The summed E-state index contributed by atoms with van der Waals surface area (Å²) < 4.78 is 11.2. The fourth-order valence-electron chi connectivity index (χ4n) is 2.58. The monoisotopic (exact) mass is 243 g/mol. The van der Waals surface area contributed by atoms with Gasteiger partial charge >= 0.3 is 0 Å². The molecule has 1 unspecified atom stereocenters. The van der Waals surface area contributed by atoms with Crippen LogP contribution in [0.3, 0.4) is 0 Å². The van der Waals surface area contributed by atoms with Crippen molar-refractivity contribution in [2.24, 2.45) is 5.92 Å². The number of rotatable bonds is 6. The molecule has 4 nitrogen and oxygen atoms in total. The molecule has 0 amide bonds. The van der Waals surface area contributed by atoms with Crippen molar-refractivity contribution in [3.05, 3.63) is 0 Å². The van der Waals surface area contributed by atoms with Crippen molar-refractivity contribution < 1.29 is 14.6 Å². The summed E-state index contributed by atoms with van der Waals surface area (Å²) in [6, 6.07) is 0. The van der Waals surface area contributed by atoms with Crippen LogP contribution in [0.25, 0.3) is 0 Å². The minimum Gasteiger partial charge on any atom is -0.396 e. The zero-order chi connectivity index (χ0) is 11.9. The fourth-order valence-corrected chi connectivity index (χ4v) is 2.58. The van der Waals surface area contributed by atoms with E-state index in [0.717, 1.165) is 58.7 Å². The zero-order valence-electron chi connectivity index (χ0n) is 10.6. The van der Waals surface area contributed by atoms with E-state index < -0.39 is 0 Å². The molecule has 2 saturated heterocycles. The van der Waals surface area contributed by atoms with E-state index >= 15 is 0 Å². The van der Waals surface area contributed by atoms with E-state index in [1.165, 1.54) is 6.42 Å². The van der Waals surface area contributed by atoms with Crippen LogP contribution in [0, 0.1) is 5.92 Å². The second kappa shape index (κ2) is 7.31. The number of nitrogens with zero attached hydrogens (tertiary/aromatic N) is 1. The molecule has 2 rings (SSSR count). The summed E-state index contributed by atoms with van der Waals surface area (Å²) in [5, 5.41) is 9.06. The number of hydrogen-bond acceptors (Lipinski definition) is 4. The highest BCUT2D eigenvalue weighted by Gasteiger charge is 2.18. The largest absolute Gasteiger partial charge is 0.396 e. The second-order valence-electron chi connectivity index (χ2n) is 5.18. The van der Waals surface area contributed by atoms with Crippen LogP contribution in [0.1, 0.15) is 25.7 Å². The third kappa shape index (κ3) is 4.54. The Morgan fingerprint density at radius 2 is 2.06 bits per heavy atom. The van der Waals surface area contributed by atoms with Gasteiger partial charge in [0.05, 0.1) is 19.3 Å². The van der Waals surface area contributed by atoms with E-state index in [9.17, 15) is 0 Å². The molecule has 2 aliphatic heterocycles. The first kappa shape index (κ1) is 13.3. The van der Waals surface area contributed by atoms with Gasteiger partial charge in [-0.1, -0.05) is 0 Å². The highest BCUT2D eigenvalue weighted by Crippen LogP contribution is 2.16. The van der Waals surface area contributed by atoms with Gasteiger partial charge in [0, 0.05) is 19.8 Å². The van der Waals surface area contributed by atoms with Crippen LogP contribution in [0.15, 0.2) is 0 Å². The first-order chi connectivity index (χ1) is 8.38. The number of ether oxygens (including phenoxy) is 2. The van der Waals surface area contributed by atoms with Gasteiger partial charge in [-0.15, -0.1) is 0 Å². The van der Waals surface area contributed by atoms with Crippen LogP contribution in [0.5, 0.6) is 0 Å². The quantitative estimate of drug-likeness (QED) is 0.703. The normalized spacial score (nSPS) is 27.7. The second-order valence-corrected chi connectivity index (χ2v) is 5.18. The molecule has 0 aromatic rings. The van der Waals surface area contributed by atoms with E-state index in [2.05, 4.69) is 4.90 Å². The summed E-state index contributed by atoms with van der Waals surface area (Å²) in [7, 11) is 0. The lowest BCUT2D eigenvalue weighted by Crippen LogP contribution is -2.37. The lowest BCUT2D eigenvalue weighted by Gasteiger charge is -2.30. The summed E-state index contributed by atoms with van der Waals surface area (Å²) in [4.78, 5) is 2.43. The molecule has 0 aliphatic carbocycles. The van der Waals surface area contributed by atoms with Crippen molar-refractivity contribution >= 4 is 0 Å². The van der Waals surface area contributed by atoms with Gasteiger partial charge < -0.3 is 19.5 Å². The van der Waals surface area contributed by atoms with Crippen molar-refractivity contribution in [1.82, 2.24) is 4.90 Å². The SMILES string of the molecule is OCC1CCN(CCOCC2CCCO2)CC1. The highest BCUT2D eigenvalue weighted by molar-refractivity contribution is 4.71. The van der Waals surface area contributed by atoms with Crippen molar-refractivity contribution in [1.29, 1.82) is 0 Å². The minimum absolute atomic E-state index is 0.343. The van der Waals surface area contributed by atoms with E-state index in [1.54, 1.807) is 0 Å². The summed E-state index contributed by atoms with van der Waals surface area (Å²) in [5.41, 5.74) is 0. The van der Waals surface area contributed by atoms with Crippen molar-refractivity contribution in [3.63, 3.8) is 0 Å². The summed E-state index contributed by atoms with van der Waals surface area (Å²) >= 11 is 0. The maximum atomic E-state index is 9.06. The molecule has 0 saturated carbocycles. The predicted octanol–water partition coefficient (Wildman–Crippen LogP) is 0.886. The van der Waals surface area contributed by atoms with Crippen LogP contribution in [-0.4, -0.2) is 62.2 Å². The molecule has 0 aromatic heterocycles. The molecule has 1 N–H and O–H groups in total. The Labute approximate surface area is 104 Å². The molecular formula is C13H25NO3.